The molecule has 4 nitrogen and oxygen atoms in total. The van der Waals surface area contributed by atoms with Crippen LogP contribution in [0.4, 0.5) is 0 Å². The molecule has 1 amide bonds. The lowest BCUT2D eigenvalue weighted by Crippen LogP contribution is -2.49. The van der Waals surface area contributed by atoms with E-state index in [2.05, 4.69) is 17.1 Å². The first-order valence-electron chi connectivity index (χ1n) is 6.96. The summed E-state index contributed by atoms with van der Waals surface area (Å²) in [6.07, 6.45) is 2.09. The molecule has 1 saturated heterocycles. The average molecular weight is 281 g/mol. The summed E-state index contributed by atoms with van der Waals surface area (Å²) in [5, 5.41) is 5.00. The Morgan fingerprint density at radius 2 is 2.47 bits per heavy atom. The van der Waals surface area contributed by atoms with Gasteiger partial charge in [0.05, 0.1) is 13.1 Å². The van der Waals surface area contributed by atoms with E-state index in [1.54, 1.807) is 11.3 Å². The molecule has 2 heterocycles. The van der Waals surface area contributed by atoms with Gasteiger partial charge in [-0.05, 0) is 23.8 Å². The predicted molar refractivity (Wildman–Crippen MR) is 79.0 cm³/mol. The first-order chi connectivity index (χ1) is 9.19. The third kappa shape index (κ3) is 4.30. The summed E-state index contributed by atoms with van der Waals surface area (Å²) >= 11 is 1.67. The number of piperidine rings is 1. The summed E-state index contributed by atoms with van der Waals surface area (Å²) in [6, 6.07) is 4.34. The second-order valence-electron chi connectivity index (χ2n) is 5.21. The maximum absolute atomic E-state index is 11.9. The van der Waals surface area contributed by atoms with Gasteiger partial charge >= 0.3 is 0 Å². The summed E-state index contributed by atoms with van der Waals surface area (Å²) in [4.78, 5) is 15.3. The second-order valence-corrected chi connectivity index (χ2v) is 6.24. The van der Waals surface area contributed by atoms with Crippen LogP contribution in [-0.4, -0.2) is 36.5 Å². The van der Waals surface area contributed by atoms with Crippen LogP contribution in [0.25, 0.3) is 0 Å². The highest BCUT2D eigenvalue weighted by Gasteiger charge is 2.26. The first-order valence-corrected chi connectivity index (χ1v) is 7.84. The fraction of sp³-hybridized carbons (Fsp3) is 0.643. The summed E-state index contributed by atoms with van der Waals surface area (Å²) in [5.41, 5.74) is 6.08. The van der Waals surface area contributed by atoms with Crippen LogP contribution in [0.2, 0.25) is 0 Å². The Labute approximate surface area is 119 Å². The second kappa shape index (κ2) is 7.03. The number of amides is 1. The Morgan fingerprint density at radius 3 is 3.16 bits per heavy atom. The van der Waals surface area contributed by atoms with E-state index in [0.29, 0.717) is 25.0 Å². The molecular weight excluding hydrogens is 258 g/mol. The van der Waals surface area contributed by atoms with Crippen molar-refractivity contribution in [2.45, 2.75) is 32.4 Å². The number of nitrogens with one attached hydrogen (secondary N) is 1. The first kappa shape index (κ1) is 14.5. The van der Waals surface area contributed by atoms with Crippen LogP contribution in [0.15, 0.2) is 17.5 Å². The highest BCUT2D eigenvalue weighted by molar-refractivity contribution is 7.09. The third-order valence-electron chi connectivity index (χ3n) is 3.81. The van der Waals surface area contributed by atoms with Gasteiger partial charge in [0.1, 0.15) is 0 Å². The number of likely N-dealkylation sites (tertiary alicyclic amines) is 1. The Bertz CT molecular complexity index is 393. The van der Waals surface area contributed by atoms with Crippen molar-refractivity contribution < 1.29 is 4.79 Å². The van der Waals surface area contributed by atoms with E-state index < -0.39 is 0 Å². The van der Waals surface area contributed by atoms with E-state index in [-0.39, 0.29) is 5.91 Å². The minimum Gasteiger partial charge on any atom is -0.350 e. The molecule has 0 bridgehead atoms. The molecule has 0 spiro atoms. The van der Waals surface area contributed by atoms with E-state index >= 15 is 0 Å². The largest absolute Gasteiger partial charge is 0.350 e. The van der Waals surface area contributed by atoms with Crippen LogP contribution in [0, 0.1) is 5.92 Å². The average Bonchev–Trinajstić information content (AvgIpc) is 2.92. The van der Waals surface area contributed by atoms with Gasteiger partial charge in [0.25, 0.3) is 0 Å². The van der Waals surface area contributed by atoms with Crippen LogP contribution < -0.4 is 11.1 Å². The van der Waals surface area contributed by atoms with Crippen molar-refractivity contribution in [3.8, 4) is 0 Å². The number of hydrogen-bond acceptors (Lipinski definition) is 4. The number of rotatable bonds is 5. The summed E-state index contributed by atoms with van der Waals surface area (Å²) in [5.74, 6) is 0.637. The van der Waals surface area contributed by atoms with E-state index in [1.165, 1.54) is 4.88 Å². The van der Waals surface area contributed by atoms with Crippen molar-refractivity contribution in [1.82, 2.24) is 10.2 Å². The normalized spacial score (nSPS) is 24.3. The number of carbonyl (C=O) groups excluding carboxylic acids is 1. The van der Waals surface area contributed by atoms with Crippen LogP contribution in [0.5, 0.6) is 0 Å². The minimum absolute atomic E-state index is 0.110. The number of hydrogen-bond donors (Lipinski definition) is 2. The van der Waals surface area contributed by atoms with Gasteiger partial charge in [-0.2, -0.15) is 0 Å². The topological polar surface area (TPSA) is 58.4 Å². The SMILES string of the molecule is CCC1CN(CC(=O)NCc2cccs2)CCC1N. The van der Waals surface area contributed by atoms with Gasteiger partial charge in [-0.15, -0.1) is 11.3 Å². The van der Waals surface area contributed by atoms with Crippen molar-refractivity contribution in [1.29, 1.82) is 0 Å². The molecule has 19 heavy (non-hydrogen) atoms. The van der Waals surface area contributed by atoms with Crippen molar-refractivity contribution >= 4 is 17.2 Å². The van der Waals surface area contributed by atoms with Crippen LogP contribution >= 0.6 is 11.3 Å². The smallest absolute Gasteiger partial charge is 0.234 e. The Balaban J connectivity index is 1.73. The van der Waals surface area contributed by atoms with Crippen molar-refractivity contribution in [2.24, 2.45) is 11.7 Å². The molecule has 106 valence electrons. The van der Waals surface area contributed by atoms with Gasteiger partial charge in [-0.3, -0.25) is 9.69 Å². The fourth-order valence-electron chi connectivity index (χ4n) is 2.56. The number of thiophene rings is 1. The van der Waals surface area contributed by atoms with E-state index in [9.17, 15) is 4.79 Å². The summed E-state index contributed by atoms with van der Waals surface area (Å²) in [6.45, 7) is 5.19. The van der Waals surface area contributed by atoms with Crippen molar-refractivity contribution in [3.63, 3.8) is 0 Å². The lowest BCUT2D eigenvalue weighted by atomic mass is 9.91. The number of carbonyl (C=O) groups is 1. The highest BCUT2D eigenvalue weighted by Crippen LogP contribution is 2.18. The lowest BCUT2D eigenvalue weighted by Gasteiger charge is -2.36. The fourth-order valence-corrected chi connectivity index (χ4v) is 3.20. The summed E-state index contributed by atoms with van der Waals surface area (Å²) in [7, 11) is 0. The lowest BCUT2D eigenvalue weighted by molar-refractivity contribution is -0.122. The summed E-state index contributed by atoms with van der Waals surface area (Å²) < 4.78 is 0. The van der Waals surface area contributed by atoms with Gasteiger partial charge in [-0.1, -0.05) is 19.4 Å². The quantitative estimate of drug-likeness (QED) is 0.858. The van der Waals surface area contributed by atoms with Crippen LogP contribution in [0.3, 0.4) is 0 Å². The van der Waals surface area contributed by atoms with Crippen LogP contribution in [-0.2, 0) is 11.3 Å². The molecule has 0 aliphatic carbocycles. The molecule has 5 heteroatoms. The van der Waals surface area contributed by atoms with Crippen molar-refractivity contribution in [2.75, 3.05) is 19.6 Å². The maximum Gasteiger partial charge on any atom is 0.234 e. The molecule has 1 aliphatic rings. The van der Waals surface area contributed by atoms with Gasteiger partial charge in [0.15, 0.2) is 0 Å². The van der Waals surface area contributed by atoms with E-state index in [4.69, 9.17) is 5.73 Å². The zero-order chi connectivity index (χ0) is 13.7. The Hall–Kier alpha value is -0.910. The van der Waals surface area contributed by atoms with Crippen LogP contribution in [0.1, 0.15) is 24.6 Å². The van der Waals surface area contributed by atoms with Crippen molar-refractivity contribution in [3.05, 3.63) is 22.4 Å². The molecule has 2 rings (SSSR count). The Kier molecular flexibility index (Phi) is 5.36. The number of nitrogens with two attached hydrogens (primary N) is 1. The monoisotopic (exact) mass is 281 g/mol. The molecular formula is C14H23N3OS. The molecule has 1 aliphatic heterocycles. The maximum atomic E-state index is 11.9. The van der Waals surface area contributed by atoms with Gasteiger partial charge < -0.3 is 11.1 Å². The molecule has 1 fully saturated rings. The molecule has 2 atom stereocenters. The van der Waals surface area contributed by atoms with E-state index in [1.807, 2.05) is 17.5 Å². The molecule has 3 N–H and O–H groups in total. The number of nitrogens with zero attached hydrogens (tertiary/aromatic N) is 1. The molecule has 0 radical (unpaired) electrons. The third-order valence-corrected chi connectivity index (χ3v) is 4.68. The van der Waals surface area contributed by atoms with Gasteiger partial charge in [0, 0.05) is 24.0 Å². The highest BCUT2D eigenvalue weighted by atomic mass is 32.1. The standard InChI is InChI=1S/C14H23N3OS/c1-2-11-9-17(6-5-13(11)15)10-14(18)16-8-12-4-3-7-19-12/h3-4,7,11,13H,2,5-6,8-10,15H2,1H3,(H,16,18). The molecule has 1 aromatic rings. The zero-order valence-corrected chi connectivity index (χ0v) is 12.3. The zero-order valence-electron chi connectivity index (χ0n) is 11.5. The molecule has 2 unspecified atom stereocenters. The molecule has 0 aromatic carbocycles. The molecule has 1 aromatic heterocycles. The minimum atomic E-state index is 0.110. The predicted octanol–water partition coefficient (Wildman–Crippen LogP) is 1.42. The Morgan fingerprint density at radius 1 is 1.63 bits per heavy atom. The van der Waals surface area contributed by atoms with E-state index in [0.717, 1.165) is 25.9 Å². The van der Waals surface area contributed by atoms with Gasteiger partial charge in [-0.25, -0.2) is 0 Å². The van der Waals surface area contributed by atoms with Gasteiger partial charge in [0.2, 0.25) is 5.91 Å². The molecule has 0 saturated carbocycles.